The number of nitrogens with zero attached hydrogens (tertiary/aromatic N) is 4. The first-order chi connectivity index (χ1) is 34.2. The summed E-state index contributed by atoms with van der Waals surface area (Å²) >= 11 is 0. The fourth-order valence-electron chi connectivity index (χ4n) is 10.3. The third-order valence-electron chi connectivity index (χ3n) is 14.7. The molecule has 5 nitrogen and oxygen atoms in total. The number of pyridine rings is 1. The summed E-state index contributed by atoms with van der Waals surface area (Å²) in [5.74, 6) is 2.51. The monoisotopic (exact) mass is 949 g/mol. The highest BCUT2D eigenvalue weighted by Gasteiger charge is 2.29. The van der Waals surface area contributed by atoms with E-state index in [2.05, 4.69) is 261 Å². The number of hydrogen-bond donors (Lipinski definition) is 0. The van der Waals surface area contributed by atoms with Crippen molar-refractivity contribution in [3.05, 3.63) is 198 Å². The second kappa shape index (κ2) is 18.5. The molecule has 10 rings (SSSR count). The van der Waals surface area contributed by atoms with Gasteiger partial charge in [-0.1, -0.05) is 174 Å². The van der Waals surface area contributed by atoms with Gasteiger partial charge in [-0.3, -0.25) is 4.57 Å². The normalized spacial score (nSPS) is 13.3. The molecule has 0 atom stereocenters. The van der Waals surface area contributed by atoms with Crippen molar-refractivity contribution in [2.45, 2.75) is 118 Å². The lowest BCUT2D eigenvalue weighted by molar-refractivity contribution is 0.479. The zero-order valence-electron chi connectivity index (χ0n) is 44.7. The standard InChI is InChI=1S/C67H72N4O/c1-64(2,3)49-29-28-46(58(40-49)48-35-47(45-21-14-13-15-22-45)36-51(37-48)66(7,8)9)23-20-34-69-44-70(61-27-19-18-26-60(61)69)53-38-52(67(10,11)12)39-55(42-53)72-54-30-31-57-56-24-16-17-25-59(56)71(62(57)43-54)63-41-50(32-33-68-63)65(4,5)6/h13-19,21-22,24-33,35-43H,20,23,34,44H2,1-12H3. The Balaban J connectivity index is 0.956. The Morgan fingerprint density at radius 1 is 0.472 bits per heavy atom. The van der Waals surface area contributed by atoms with Crippen molar-refractivity contribution in [3.63, 3.8) is 0 Å². The van der Waals surface area contributed by atoms with Gasteiger partial charge in [-0.25, -0.2) is 4.98 Å². The number of hydrogen-bond acceptors (Lipinski definition) is 4. The Kier molecular flexibility index (Phi) is 12.5. The smallest absolute Gasteiger partial charge is 0.137 e. The number of aryl methyl sites for hydroxylation is 1. The number of ether oxygens (including phenoxy) is 1. The number of benzene rings is 7. The third-order valence-corrected chi connectivity index (χ3v) is 14.7. The van der Waals surface area contributed by atoms with Gasteiger partial charge in [0.15, 0.2) is 0 Å². The lowest BCUT2D eigenvalue weighted by Crippen LogP contribution is -2.29. The molecule has 1 aliphatic rings. The highest BCUT2D eigenvalue weighted by molar-refractivity contribution is 6.09. The molecule has 0 N–H and O–H groups in total. The molecule has 0 saturated heterocycles. The summed E-state index contributed by atoms with van der Waals surface area (Å²) in [6, 6.07) is 60.5. The topological polar surface area (TPSA) is 33.5 Å². The second-order valence-corrected chi connectivity index (χ2v) is 24.2. The lowest BCUT2D eigenvalue weighted by atomic mass is 9.80. The van der Waals surface area contributed by atoms with Crippen molar-refractivity contribution in [1.29, 1.82) is 0 Å². The van der Waals surface area contributed by atoms with Crippen molar-refractivity contribution >= 4 is 38.9 Å². The van der Waals surface area contributed by atoms with Crippen molar-refractivity contribution in [2.24, 2.45) is 0 Å². The van der Waals surface area contributed by atoms with Crippen LogP contribution in [0.25, 0.3) is 49.9 Å². The van der Waals surface area contributed by atoms with Crippen LogP contribution in [0.4, 0.5) is 17.1 Å². The van der Waals surface area contributed by atoms with Gasteiger partial charge in [0.25, 0.3) is 0 Å². The van der Waals surface area contributed by atoms with Crippen LogP contribution in [0, 0.1) is 0 Å². The van der Waals surface area contributed by atoms with E-state index in [1.165, 1.54) is 72.2 Å². The first kappa shape index (κ1) is 48.5. The average Bonchev–Trinajstić information content (AvgIpc) is 3.88. The average molecular weight is 949 g/mol. The molecule has 0 saturated carbocycles. The molecule has 366 valence electrons. The highest BCUT2D eigenvalue weighted by Crippen LogP contribution is 2.45. The minimum absolute atomic E-state index is 0.00383. The number of aromatic nitrogens is 2. The molecule has 2 aromatic heterocycles. The van der Waals surface area contributed by atoms with Crippen molar-refractivity contribution < 1.29 is 4.74 Å². The van der Waals surface area contributed by atoms with E-state index < -0.39 is 0 Å². The van der Waals surface area contributed by atoms with E-state index in [0.717, 1.165) is 60.1 Å². The molecule has 5 heteroatoms. The summed E-state index contributed by atoms with van der Waals surface area (Å²) in [5, 5.41) is 2.36. The Morgan fingerprint density at radius 2 is 1.11 bits per heavy atom. The van der Waals surface area contributed by atoms with E-state index in [-0.39, 0.29) is 21.7 Å². The summed E-state index contributed by atoms with van der Waals surface area (Å²) in [6.07, 6.45) is 3.92. The van der Waals surface area contributed by atoms with Crippen LogP contribution in [-0.2, 0) is 28.1 Å². The largest absolute Gasteiger partial charge is 0.457 e. The molecule has 72 heavy (non-hydrogen) atoms. The second-order valence-electron chi connectivity index (χ2n) is 24.2. The highest BCUT2D eigenvalue weighted by atomic mass is 16.5. The Morgan fingerprint density at radius 3 is 1.85 bits per heavy atom. The predicted octanol–water partition coefficient (Wildman–Crippen LogP) is 18.0. The van der Waals surface area contributed by atoms with Gasteiger partial charge >= 0.3 is 0 Å². The van der Waals surface area contributed by atoms with Crippen LogP contribution in [0.1, 0.15) is 117 Å². The molecule has 9 aromatic rings. The van der Waals surface area contributed by atoms with Crippen LogP contribution in [0.3, 0.4) is 0 Å². The molecule has 0 unspecified atom stereocenters. The molecular weight excluding hydrogens is 877 g/mol. The van der Waals surface area contributed by atoms with Crippen molar-refractivity contribution in [3.8, 4) is 39.6 Å². The third kappa shape index (κ3) is 9.79. The molecule has 1 aliphatic heterocycles. The molecule has 7 aromatic carbocycles. The fraction of sp³-hybridized carbons (Fsp3) is 0.299. The SMILES string of the molecule is CC(C)(C)c1cc(-c2ccccc2)cc(-c2cc(C(C)(C)C)ccc2CCCN2CN(c3cc(Oc4ccc5c6ccccc6n(-c6cc(C(C)(C)C)ccn6)c5c4)cc(C(C)(C)C)c3)c3ccccc32)c1. The van der Waals surface area contributed by atoms with Crippen molar-refractivity contribution in [2.75, 3.05) is 23.0 Å². The molecule has 3 heterocycles. The first-order valence-electron chi connectivity index (χ1n) is 26.0. The van der Waals surface area contributed by atoms with Gasteiger partial charge < -0.3 is 14.5 Å². The molecule has 0 bridgehead atoms. The molecule has 0 radical (unpaired) electrons. The van der Waals surface area contributed by atoms with Gasteiger partial charge in [-0.15, -0.1) is 0 Å². The summed E-state index contributed by atoms with van der Waals surface area (Å²) in [7, 11) is 0. The predicted molar refractivity (Wildman–Crippen MR) is 306 cm³/mol. The molecule has 0 aliphatic carbocycles. The van der Waals surface area contributed by atoms with Crippen LogP contribution in [0.5, 0.6) is 11.5 Å². The zero-order valence-corrected chi connectivity index (χ0v) is 44.7. The van der Waals surface area contributed by atoms with Crippen LogP contribution in [-0.4, -0.2) is 22.8 Å². The number of fused-ring (bicyclic) bond motifs is 4. The zero-order chi connectivity index (χ0) is 50.7. The van der Waals surface area contributed by atoms with Crippen LogP contribution >= 0.6 is 0 Å². The summed E-state index contributed by atoms with van der Waals surface area (Å²) in [4.78, 5) is 9.96. The van der Waals surface area contributed by atoms with Crippen LogP contribution in [0.2, 0.25) is 0 Å². The maximum atomic E-state index is 6.98. The lowest BCUT2D eigenvalue weighted by Gasteiger charge is -2.26. The van der Waals surface area contributed by atoms with Gasteiger partial charge in [0, 0.05) is 41.3 Å². The van der Waals surface area contributed by atoms with E-state index in [4.69, 9.17) is 9.72 Å². The van der Waals surface area contributed by atoms with E-state index in [1.54, 1.807) is 0 Å². The minimum atomic E-state index is -0.109. The number of para-hydroxylation sites is 3. The van der Waals surface area contributed by atoms with Crippen LogP contribution < -0.4 is 14.5 Å². The maximum absolute atomic E-state index is 6.98. The fourth-order valence-corrected chi connectivity index (χ4v) is 10.3. The quantitative estimate of drug-likeness (QED) is 0.137. The van der Waals surface area contributed by atoms with E-state index in [9.17, 15) is 0 Å². The van der Waals surface area contributed by atoms with E-state index in [1.807, 2.05) is 6.20 Å². The van der Waals surface area contributed by atoms with E-state index in [0.29, 0.717) is 0 Å². The van der Waals surface area contributed by atoms with Gasteiger partial charge in [0.1, 0.15) is 17.3 Å². The number of anilines is 3. The summed E-state index contributed by atoms with van der Waals surface area (Å²) in [5.41, 5.74) is 17.4. The maximum Gasteiger partial charge on any atom is 0.137 e. The Hall–Kier alpha value is -7.11. The minimum Gasteiger partial charge on any atom is -0.457 e. The van der Waals surface area contributed by atoms with E-state index >= 15 is 0 Å². The Bertz CT molecular complexity index is 3440. The van der Waals surface area contributed by atoms with Crippen LogP contribution in [0.15, 0.2) is 170 Å². The number of rotatable bonds is 10. The Labute approximate surface area is 429 Å². The summed E-state index contributed by atoms with van der Waals surface area (Å²) < 4.78 is 9.26. The van der Waals surface area contributed by atoms with Gasteiger partial charge in [0.05, 0.1) is 29.1 Å². The first-order valence-corrected chi connectivity index (χ1v) is 26.0. The van der Waals surface area contributed by atoms with Gasteiger partial charge in [0.2, 0.25) is 0 Å². The van der Waals surface area contributed by atoms with Gasteiger partial charge in [-0.05, 0) is 145 Å². The van der Waals surface area contributed by atoms with Crippen molar-refractivity contribution in [1.82, 2.24) is 9.55 Å². The molecule has 0 spiro atoms. The van der Waals surface area contributed by atoms with Gasteiger partial charge in [-0.2, -0.15) is 0 Å². The molecule has 0 amide bonds. The molecular formula is C67H72N4O. The molecule has 0 fully saturated rings. The summed E-state index contributed by atoms with van der Waals surface area (Å²) in [6.45, 7) is 29.2.